The monoisotopic (exact) mass is 402 g/mol. The van der Waals surface area contributed by atoms with E-state index in [0.29, 0.717) is 11.4 Å². The topological polar surface area (TPSA) is 58.6 Å². The number of hydrogen-bond donors (Lipinski definition) is 1. The minimum absolute atomic E-state index is 0.00697. The van der Waals surface area contributed by atoms with Crippen LogP contribution >= 0.6 is 0 Å². The molecular weight excluding hydrogens is 372 g/mol. The number of hydrogen-bond acceptors (Lipinski definition) is 4. The van der Waals surface area contributed by atoms with Crippen molar-refractivity contribution in [1.29, 1.82) is 0 Å². The number of aryl methyl sites for hydroxylation is 2. The van der Waals surface area contributed by atoms with Gasteiger partial charge in [-0.1, -0.05) is 24.6 Å². The van der Waals surface area contributed by atoms with E-state index in [-0.39, 0.29) is 6.04 Å². The molecule has 0 amide bonds. The normalized spacial score (nSPS) is 16.7. The maximum absolute atomic E-state index is 12.9. The Bertz CT molecular complexity index is 888. The molecule has 6 heteroatoms. The van der Waals surface area contributed by atoms with Crippen molar-refractivity contribution < 1.29 is 13.2 Å². The lowest BCUT2D eigenvalue weighted by Gasteiger charge is -2.35. The van der Waals surface area contributed by atoms with Gasteiger partial charge in [0, 0.05) is 12.6 Å². The molecule has 3 rings (SSSR count). The van der Waals surface area contributed by atoms with E-state index in [0.717, 1.165) is 48.4 Å². The van der Waals surface area contributed by atoms with Crippen LogP contribution in [0.3, 0.4) is 0 Å². The summed E-state index contributed by atoms with van der Waals surface area (Å²) in [4.78, 5) is 2.71. The highest BCUT2D eigenvalue weighted by Gasteiger charge is 2.25. The molecule has 1 aliphatic rings. The van der Waals surface area contributed by atoms with Gasteiger partial charge in [-0.05, 0) is 80.7 Å². The van der Waals surface area contributed by atoms with Crippen molar-refractivity contribution in [1.82, 2.24) is 9.62 Å². The molecule has 1 fully saturated rings. The molecule has 5 nitrogen and oxygen atoms in total. The molecule has 1 N–H and O–H groups in total. The predicted molar refractivity (Wildman–Crippen MR) is 112 cm³/mol. The maximum atomic E-state index is 12.9. The zero-order valence-corrected chi connectivity index (χ0v) is 17.8. The Kier molecular flexibility index (Phi) is 6.75. The number of nitrogens with one attached hydrogen (secondary N) is 1. The maximum Gasteiger partial charge on any atom is 0.240 e. The number of piperidine rings is 1. The van der Waals surface area contributed by atoms with Crippen molar-refractivity contribution in [2.75, 3.05) is 26.7 Å². The molecule has 28 heavy (non-hydrogen) atoms. The summed E-state index contributed by atoms with van der Waals surface area (Å²) in [5.41, 5.74) is 3.17. The molecular formula is C22H30N2O3S. The summed E-state index contributed by atoms with van der Waals surface area (Å²) < 4.78 is 33.8. The van der Waals surface area contributed by atoms with E-state index >= 15 is 0 Å². The number of likely N-dealkylation sites (tertiary alicyclic amines) is 1. The molecule has 0 aliphatic carbocycles. The predicted octanol–water partition coefficient (Wildman–Crippen LogP) is 3.82. The van der Waals surface area contributed by atoms with Gasteiger partial charge in [0.15, 0.2) is 0 Å². The summed E-state index contributed by atoms with van der Waals surface area (Å²) in [5, 5.41) is 0. The van der Waals surface area contributed by atoms with Gasteiger partial charge in [0.05, 0.1) is 12.0 Å². The quantitative estimate of drug-likeness (QED) is 0.765. The number of sulfonamides is 1. The van der Waals surface area contributed by atoms with Crippen LogP contribution in [0.25, 0.3) is 0 Å². The molecule has 1 unspecified atom stereocenters. The van der Waals surface area contributed by atoms with Crippen LogP contribution in [-0.2, 0) is 10.0 Å². The Hall–Kier alpha value is -1.89. The van der Waals surface area contributed by atoms with Crippen LogP contribution in [0.2, 0.25) is 0 Å². The molecule has 1 heterocycles. The summed E-state index contributed by atoms with van der Waals surface area (Å²) in [7, 11) is -1.91. The summed E-state index contributed by atoms with van der Waals surface area (Å²) >= 11 is 0. The van der Waals surface area contributed by atoms with Gasteiger partial charge in [0.25, 0.3) is 0 Å². The second-order valence-corrected chi connectivity index (χ2v) is 9.25. The Morgan fingerprint density at radius 3 is 2.29 bits per heavy atom. The largest absolute Gasteiger partial charge is 0.497 e. The summed E-state index contributed by atoms with van der Waals surface area (Å²) in [6, 6.07) is 13.2. The molecule has 1 saturated heterocycles. The van der Waals surface area contributed by atoms with E-state index in [4.69, 9.17) is 4.74 Å². The zero-order valence-electron chi connectivity index (χ0n) is 16.9. The second kappa shape index (κ2) is 9.07. The summed E-state index contributed by atoms with van der Waals surface area (Å²) in [6.45, 7) is 6.24. The minimum atomic E-state index is -3.56. The van der Waals surface area contributed by atoms with Crippen molar-refractivity contribution in [3.63, 3.8) is 0 Å². The van der Waals surface area contributed by atoms with Crippen LogP contribution in [0.4, 0.5) is 0 Å². The van der Waals surface area contributed by atoms with Gasteiger partial charge in [-0.3, -0.25) is 4.90 Å². The molecule has 0 spiro atoms. The van der Waals surface area contributed by atoms with E-state index in [1.54, 1.807) is 19.2 Å². The number of ether oxygens (including phenoxy) is 1. The lowest BCUT2D eigenvalue weighted by Crippen LogP contribution is -2.40. The van der Waals surface area contributed by atoms with Gasteiger partial charge in [0.1, 0.15) is 5.75 Å². The number of nitrogens with zero attached hydrogens (tertiary/aromatic N) is 1. The zero-order chi connectivity index (χ0) is 20.1. The number of benzene rings is 2. The molecule has 0 saturated carbocycles. The SMILES string of the molecule is COc1ccc(C(CNS(=O)(=O)c2ccc(C)c(C)c2)N2CCCCC2)cc1. The molecule has 1 atom stereocenters. The lowest BCUT2D eigenvalue weighted by atomic mass is 10.0. The highest BCUT2D eigenvalue weighted by atomic mass is 32.2. The Labute approximate surface area is 168 Å². The average Bonchev–Trinajstić information content (AvgIpc) is 2.71. The van der Waals surface area contributed by atoms with Crippen molar-refractivity contribution in [2.24, 2.45) is 0 Å². The van der Waals surface area contributed by atoms with Gasteiger partial charge in [-0.2, -0.15) is 0 Å². The molecule has 0 bridgehead atoms. The molecule has 0 aromatic heterocycles. The minimum Gasteiger partial charge on any atom is -0.497 e. The Morgan fingerprint density at radius 2 is 1.68 bits per heavy atom. The lowest BCUT2D eigenvalue weighted by molar-refractivity contribution is 0.164. The molecule has 2 aromatic rings. The van der Waals surface area contributed by atoms with E-state index < -0.39 is 10.0 Å². The van der Waals surface area contributed by atoms with Crippen LogP contribution < -0.4 is 9.46 Å². The highest BCUT2D eigenvalue weighted by Crippen LogP contribution is 2.26. The van der Waals surface area contributed by atoms with Gasteiger partial charge in [0.2, 0.25) is 10.0 Å². The van der Waals surface area contributed by atoms with Crippen molar-refractivity contribution >= 4 is 10.0 Å². The third-order valence-corrected chi connectivity index (χ3v) is 7.01. The summed E-state index contributed by atoms with van der Waals surface area (Å²) in [6.07, 6.45) is 3.54. The van der Waals surface area contributed by atoms with Crippen LogP contribution in [-0.4, -0.2) is 40.1 Å². The standard InChI is InChI=1S/C22H30N2O3S/c1-17-7-12-21(15-18(17)2)28(25,26)23-16-22(24-13-5-4-6-14-24)19-8-10-20(27-3)11-9-19/h7-12,15,22-23H,4-6,13-14,16H2,1-3H3. The first-order valence-electron chi connectivity index (χ1n) is 9.85. The van der Waals surface area contributed by atoms with Gasteiger partial charge < -0.3 is 4.74 Å². The first kappa shape index (κ1) is 20.8. The third-order valence-electron chi connectivity index (χ3n) is 5.59. The molecule has 152 valence electrons. The second-order valence-electron chi connectivity index (χ2n) is 7.48. The van der Waals surface area contributed by atoms with Crippen LogP contribution in [0.1, 0.15) is 42.0 Å². The molecule has 0 radical (unpaired) electrons. The third kappa shape index (κ3) is 4.93. The average molecular weight is 403 g/mol. The fraction of sp³-hybridized carbons (Fsp3) is 0.455. The van der Waals surface area contributed by atoms with Gasteiger partial charge in [-0.25, -0.2) is 13.1 Å². The van der Waals surface area contributed by atoms with Crippen LogP contribution in [0.15, 0.2) is 47.4 Å². The first-order chi connectivity index (χ1) is 13.4. The Balaban J connectivity index is 1.80. The summed E-state index contributed by atoms with van der Waals surface area (Å²) in [5.74, 6) is 0.803. The first-order valence-corrected chi connectivity index (χ1v) is 11.3. The smallest absolute Gasteiger partial charge is 0.240 e. The van der Waals surface area contributed by atoms with E-state index in [2.05, 4.69) is 9.62 Å². The van der Waals surface area contributed by atoms with Gasteiger partial charge in [-0.15, -0.1) is 0 Å². The fourth-order valence-corrected chi connectivity index (χ4v) is 4.79. The van der Waals surface area contributed by atoms with Crippen molar-refractivity contribution in [3.8, 4) is 5.75 Å². The molecule has 1 aliphatic heterocycles. The van der Waals surface area contributed by atoms with E-state index in [9.17, 15) is 8.42 Å². The van der Waals surface area contributed by atoms with Crippen LogP contribution in [0, 0.1) is 13.8 Å². The Morgan fingerprint density at radius 1 is 1.00 bits per heavy atom. The van der Waals surface area contributed by atoms with Crippen LogP contribution in [0.5, 0.6) is 5.75 Å². The van der Waals surface area contributed by atoms with Crippen molar-refractivity contribution in [3.05, 3.63) is 59.2 Å². The van der Waals surface area contributed by atoms with E-state index in [1.807, 2.05) is 44.2 Å². The molecule has 2 aromatic carbocycles. The van der Waals surface area contributed by atoms with Gasteiger partial charge >= 0.3 is 0 Å². The number of methoxy groups -OCH3 is 1. The number of rotatable bonds is 7. The van der Waals surface area contributed by atoms with E-state index in [1.165, 1.54) is 6.42 Å². The highest BCUT2D eigenvalue weighted by molar-refractivity contribution is 7.89. The van der Waals surface area contributed by atoms with Crippen molar-refractivity contribution in [2.45, 2.75) is 44.0 Å². The fourth-order valence-electron chi connectivity index (χ4n) is 3.67.